The van der Waals surface area contributed by atoms with Gasteiger partial charge in [0, 0.05) is 38.1 Å². The van der Waals surface area contributed by atoms with Crippen LogP contribution in [0.1, 0.15) is 40.7 Å². The number of amides is 2. The summed E-state index contributed by atoms with van der Waals surface area (Å²) in [6.07, 6.45) is 0.630. The van der Waals surface area contributed by atoms with Gasteiger partial charge in [-0.2, -0.15) is 9.46 Å². The largest absolute Gasteiger partial charge is 0.387 e. The third kappa shape index (κ3) is 4.68. The Morgan fingerprint density at radius 1 is 1.19 bits per heavy atom. The number of hydrogen-bond acceptors (Lipinski definition) is 6. The molecule has 2 atom stereocenters. The highest BCUT2D eigenvalue weighted by atomic mass is 32.2. The minimum atomic E-state index is -2.76. The summed E-state index contributed by atoms with van der Waals surface area (Å²) in [4.78, 5) is 32.6. The summed E-state index contributed by atoms with van der Waals surface area (Å²) in [5.74, 6) is -0.324. The maximum absolute atomic E-state index is 13.2. The minimum absolute atomic E-state index is 0.150. The van der Waals surface area contributed by atoms with E-state index < -0.39 is 15.6 Å². The summed E-state index contributed by atoms with van der Waals surface area (Å²) in [7, 11) is -1.10. The average Bonchev–Trinajstić information content (AvgIpc) is 3.32. The molecule has 164 valence electrons. The molecule has 2 aliphatic heterocycles. The second-order valence-corrected chi connectivity index (χ2v) is 10.3. The fourth-order valence-corrected chi connectivity index (χ4v) is 5.65. The summed E-state index contributed by atoms with van der Waals surface area (Å²) >= 11 is 0. The summed E-state index contributed by atoms with van der Waals surface area (Å²) < 4.78 is 18.7. The van der Waals surface area contributed by atoms with Gasteiger partial charge >= 0.3 is 5.91 Å². The Labute approximate surface area is 181 Å². The number of hydrogen-bond donors (Lipinski definition) is 0. The topological polar surface area (TPSA) is 106 Å². The van der Waals surface area contributed by atoms with Crippen LogP contribution < -0.4 is 0 Å². The van der Waals surface area contributed by atoms with E-state index >= 15 is 0 Å². The molecule has 2 aromatic rings. The van der Waals surface area contributed by atoms with Crippen LogP contribution in [0.3, 0.4) is 0 Å². The molecule has 0 aliphatic carbocycles. The Kier molecular flexibility index (Phi) is 5.90. The molecule has 1 aromatic carbocycles. The molecule has 0 bridgehead atoms. The highest BCUT2D eigenvalue weighted by Gasteiger charge is 2.32. The molecule has 0 radical (unpaired) electrons. The minimum Gasteiger partial charge on any atom is -0.387 e. The lowest BCUT2D eigenvalue weighted by atomic mass is 10.0. The summed E-state index contributed by atoms with van der Waals surface area (Å²) in [5.41, 5.74) is 2.33. The van der Waals surface area contributed by atoms with Gasteiger partial charge in [0.05, 0.1) is 15.4 Å². The Hall–Kier alpha value is -3.01. The van der Waals surface area contributed by atoms with E-state index in [0.29, 0.717) is 36.5 Å². The van der Waals surface area contributed by atoms with E-state index in [9.17, 15) is 13.8 Å². The third-order valence-electron chi connectivity index (χ3n) is 5.42. The lowest BCUT2D eigenvalue weighted by molar-refractivity contribution is -0.124. The summed E-state index contributed by atoms with van der Waals surface area (Å²) in [5, 5.41) is 8.14. The maximum atomic E-state index is 13.2. The fraction of sp³-hybridized carbons (Fsp3) is 0.429. The van der Waals surface area contributed by atoms with Crippen molar-refractivity contribution in [3.05, 3.63) is 53.3 Å². The Bertz CT molecular complexity index is 1150. The van der Waals surface area contributed by atoms with Gasteiger partial charge in [-0.3, -0.25) is 14.3 Å². The number of aryl methyl sites for hydroxylation is 2. The normalized spacial score (nSPS) is 23.6. The van der Waals surface area contributed by atoms with Gasteiger partial charge in [-0.1, -0.05) is 35.5 Å². The molecule has 9 nitrogen and oxygen atoms in total. The van der Waals surface area contributed by atoms with Gasteiger partial charge in [-0.25, -0.2) is 4.21 Å². The Morgan fingerprint density at radius 2 is 1.97 bits per heavy atom. The van der Waals surface area contributed by atoms with Gasteiger partial charge in [0.2, 0.25) is 0 Å². The molecule has 1 saturated heterocycles. The smallest absolute Gasteiger partial charge is 0.303 e. The molecular weight excluding hydrogens is 418 g/mol. The highest BCUT2D eigenvalue weighted by molar-refractivity contribution is 7.93. The molecule has 1 fully saturated rings. The van der Waals surface area contributed by atoms with Crippen molar-refractivity contribution in [3.63, 3.8) is 0 Å². The standard InChI is InChI=1S/C21H25N5O4S/c1-15-13-18(25(2)22-15)20(27)24-31(29)11-6-9-26(10-12-31)21(28)17-14-19(30-23-17)16-7-4-3-5-8-16/h3-5,7-8,13,19H,6,9-12,14H2,1-2H3. The number of oxime groups is 1. The lowest BCUT2D eigenvalue weighted by Crippen LogP contribution is -2.38. The van der Waals surface area contributed by atoms with Crippen LogP contribution in [0.4, 0.5) is 0 Å². The molecule has 2 aliphatic rings. The van der Waals surface area contributed by atoms with Crippen molar-refractivity contribution in [2.75, 3.05) is 24.6 Å². The molecule has 2 unspecified atom stereocenters. The van der Waals surface area contributed by atoms with Gasteiger partial charge in [0.15, 0.2) is 6.10 Å². The molecule has 31 heavy (non-hydrogen) atoms. The second kappa shape index (κ2) is 8.62. The fourth-order valence-electron chi connectivity index (χ4n) is 3.78. The molecule has 0 spiro atoms. The molecule has 0 N–H and O–H groups in total. The molecule has 4 rings (SSSR count). The van der Waals surface area contributed by atoms with Gasteiger partial charge in [-0.05, 0) is 25.0 Å². The first-order valence-corrected chi connectivity index (χ1v) is 12.0. The predicted octanol–water partition coefficient (Wildman–Crippen LogP) is 2.09. The number of benzene rings is 1. The molecule has 2 amide bonds. The second-order valence-electron chi connectivity index (χ2n) is 7.76. The van der Waals surface area contributed by atoms with Crippen molar-refractivity contribution < 1.29 is 18.6 Å². The maximum Gasteiger partial charge on any atom is 0.303 e. The van der Waals surface area contributed by atoms with Crippen molar-refractivity contribution in [3.8, 4) is 0 Å². The molecule has 0 saturated carbocycles. The van der Waals surface area contributed by atoms with Crippen molar-refractivity contribution in [1.82, 2.24) is 14.7 Å². The summed E-state index contributed by atoms with van der Waals surface area (Å²) in [6.45, 7) is 2.48. The van der Waals surface area contributed by atoms with Gasteiger partial charge in [0.1, 0.15) is 11.4 Å². The Morgan fingerprint density at radius 3 is 2.68 bits per heavy atom. The van der Waals surface area contributed by atoms with E-state index in [1.54, 1.807) is 24.9 Å². The summed E-state index contributed by atoms with van der Waals surface area (Å²) in [6, 6.07) is 11.3. The van der Waals surface area contributed by atoms with Crippen molar-refractivity contribution in [2.45, 2.75) is 25.9 Å². The van der Waals surface area contributed by atoms with Crippen molar-refractivity contribution >= 4 is 27.3 Å². The van der Waals surface area contributed by atoms with Crippen LogP contribution in [0.5, 0.6) is 0 Å². The Balaban J connectivity index is 1.42. The molecule has 10 heteroatoms. The van der Waals surface area contributed by atoms with E-state index in [1.165, 1.54) is 4.68 Å². The van der Waals surface area contributed by atoms with E-state index in [1.807, 2.05) is 30.3 Å². The SMILES string of the molecule is Cc1cc(C(=O)N=S2(=O)CCCN(C(=O)C3=NOC(c4ccccc4)C3)CC2)n(C)n1. The van der Waals surface area contributed by atoms with E-state index in [-0.39, 0.29) is 30.1 Å². The van der Waals surface area contributed by atoms with Crippen molar-refractivity contribution in [1.29, 1.82) is 0 Å². The first-order valence-electron chi connectivity index (χ1n) is 10.2. The zero-order chi connectivity index (χ0) is 22.0. The van der Waals surface area contributed by atoms with Crippen LogP contribution in [0.15, 0.2) is 45.9 Å². The predicted molar refractivity (Wildman–Crippen MR) is 116 cm³/mol. The van der Waals surface area contributed by atoms with Crippen LogP contribution >= 0.6 is 0 Å². The molecule has 1 aromatic heterocycles. The number of carbonyl (C=O) groups is 2. The first kappa shape index (κ1) is 21.2. The number of aromatic nitrogens is 2. The quantitative estimate of drug-likeness (QED) is 0.722. The number of rotatable bonds is 3. The van der Waals surface area contributed by atoms with E-state index in [0.717, 1.165) is 5.56 Å². The first-order chi connectivity index (χ1) is 14.8. The van der Waals surface area contributed by atoms with E-state index in [4.69, 9.17) is 4.84 Å². The zero-order valence-corrected chi connectivity index (χ0v) is 18.4. The average molecular weight is 444 g/mol. The van der Waals surface area contributed by atoms with Crippen LogP contribution in [-0.2, 0) is 26.4 Å². The highest BCUT2D eigenvalue weighted by Crippen LogP contribution is 2.27. The van der Waals surface area contributed by atoms with Gasteiger partial charge < -0.3 is 9.74 Å². The molecule has 3 heterocycles. The number of nitrogens with zero attached hydrogens (tertiary/aromatic N) is 5. The van der Waals surface area contributed by atoms with Crippen molar-refractivity contribution in [2.24, 2.45) is 16.6 Å². The monoisotopic (exact) mass is 443 g/mol. The van der Waals surface area contributed by atoms with Crippen LogP contribution in [0, 0.1) is 6.92 Å². The van der Waals surface area contributed by atoms with Crippen LogP contribution in [0.2, 0.25) is 0 Å². The van der Waals surface area contributed by atoms with E-state index in [2.05, 4.69) is 14.6 Å². The van der Waals surface area contributed by atoms with Crippen LogP contribution in [0.25, 0.3) is 0 Å². The van der Waals surface area contributed by atoms with Gasteiger partial charge in [0.25, 0.3) is 5.91 Å². The van der Waals surface area contributed by atoms with Gasteiger partial charge in [-0.15, -0.1) is 0 Å². The zero-order valence-electron chi connectivity index (χ0n) is 17.6. The number of carbonyl (C=O) groups excluding carboxylic acids is 2. The third-order valence-corrected chi connectivity index (χ3v) is 7.66. The molecular formula is C21H25N5O4S. The van der Waals surface area contributed by atoms with Crippen LogP contribution in [-0.4, -0.2) is 61.0 Å². The lowest BCUT2D eigenvalue weighted by Gasteiger charge is -2.19.